The molecule has 2 aromatic rings. The van der Waals surface area contributed by atoms with Crippen molar-refractivity contribution in [3.8, 4) is 0 Å². The van der Waals surface area contributed by atoms with Gasteiger partial charge in [-0.15, -0.1) is 0 Å². The van der Waals surface area contributed by atoms with Gasteiger partial charge in [-0.25, -0.2) is 9.97 Å². The van der Waals surface area contributed by atoms with E-state index in [1.807, 2.05) is 25.2 Å². The molecule has 3 rings (SSSR count). The van der Waals surface area contributed by atoms with Gasteiger partial charge in [-0.3, -0.25) is 0 Å². The molecular formula is C14H15IN4. The Kier molecular flexibility index (Phi) is 3.54. The zero-order valence-corrected chi connectivity index (χ0v) is 12.8. The lowest BCUT2D eigenvalue weighted by Gasteiger charge is -2.10. The summed E-state index contributed by atoms with van der Waals surface area (Å²) in [6, 6.07) is 10.1. The number of rotatable bonds is 4. The zero-order chi connectivity index (χ0) is 13.2. The smallest absolute Gasteiger partial charge is 0.136 e. The van der Waals surface area contributed by atoms with Crippen molar-refractivity contribution < 1.29 is 0 Å². The van der Waals surface area contributed by atoms with E-state index in [0.29, 0.717) is 5.92 Å². The van der Waals surface area contributed by atoms with Crippen molar-refractivity contribution in [3.63, 3.8) is 0 Å². The van der Waals surface area contributed by atoms with E-state index in [1.165, 1.54) is 16.4 Å². The summed E-state index contributed by atoms with van der Waals surface area (Å²) in [5, 5.41) is 6.47. The number of hydrogen-bond donors (Lipinski definition) is 2. The summed E-state index contributed by atoms with van der Waals surface area (Å²) in [5.41, 5.74) is 1.07. The standard InChI is InChI=1S/C14H15IN4/c1-16-12-8-13(19-14(18-12)9-6-7-9)17-11-5-3-2-4-10(11)15/h2-5,8-9H,6-7H2,1H3,(H2,16,17,18,19). The van der Waals surface area contributed by atoms with Crippen molar-refractivity contribution in [2.45, 2.75) is 18.8 Å². The molecule has 5 heteroatoms. The molecule has 1 aromatic heterocycles. The predicted octanol–water partition coefficient (Wildman–Crippen LogP) is 3.74. The summed E-state index contributed by atoms with van der Waals surface area (Å²) in [6.45, 7) is 0. The Morgan fingerprint density at radius 3 is 2.58 bits per heavy atom. The molecule has 1 aromatic carbocycles. The highest BCUT2D eigenvalue weighted by Gasteiger charge is 2.27. The minimum Gasteiger partial charge on any atom is -0.373 e. The van der Waals surface area contributed by atoms with Gasteiger partial charge in [-0.05, 0) is 47.6 Å². The molecule has 2 N–H and O–H groups in total. The van der Waals surface area contributed by atoms with E-state index in [0.717, 1.165) is 23.1 Å². The fourth-order valence-corrected chi connectivity index (χ4v) is 2.40. The minimum absolute atomic E-state index is 0.545. The number of hydrogen-bond acceptors (Lipinski definition) is 4. The molecule has 0 atom stereocenters. The van der Waals surface area contributed by atoms with Crippen molar-refractivity contribution in [1.29, 1.82) is 0 Å². The monoisotopic (exact) mass is 366 g/mol. The fourth-order valence-electron chi connectivity index (χ4n) is 1.88. The summed E-state index contributed by atoms with van der Waals surface area (Å²) >= 11 is 2.32. The number of nitrogens with zero attached hydrogens (tertiary/aromatic N) is 2. The van der Waals surface area contributed by atoms with Crippen molar-refractivity contribution >= 4 is 39.9 Å². The lowest BCUT2D eigenvalue weighted by molar-refractivity contribution is 0.932. The molecule has 4 nitrogen and oxygen atoms in total. The van der Waals surface area contributed by atoms with Crippen LogP contribution >= 0.6 is 22.6 Å². The fraction of sp³-hybridized carbons (Fsp3) is 0.286. The van der Waals surface area contributed by atoms with Crippen LogP contribution < -0.4 is 10.6 Å². The van der Waals surface area contributed by atoms with Crippen LogP contribution in [0.1, 0.15) is 24.6 Å². The second kappa shape index (κ2) is 5.32. The van der Waals surface area contributed by atoms with Crippen molar-refractivity contribution in [2.24, 2.45) is 0 Å². The molecule has 0 spiro atoms. The van der Waals surface area contributed by atoms with Gasteiger partial charge in [-0.1, -0.05) is 12.1 Å². The van der Waals surface area contributed by atoms with Gasteiger partial charge in [0.1, 0.15) is 17.5 Å². The quantitative estimate of drug-likeness (QED) is 0.810. The van der Waals surface area contributed by atoms with Crippen molar-refractivity contribution in [2.75, 3.05) is 17.7 Å². The largest absolute Gasteiger partial charge is 0.373 e. The second-order valence-electron chi connectivity index (χ2n) is 4.63. The molecule has 1 fully saturated rings. The third-order valence-corrected chi connectivity index (χ3v) is 4.02. The molecule has 19 heavy (non-hydrogen) atoms. The van der Waals surface area contributed by atoms with Gasteiger partial charge in [0.25, 0.3) is 0 Å². The van der Waals surface area contributed by atoms with Crippen LogP contribution in [0, 0.1) is 3.57 Å². The van der Waals surface area contributed by atoms with Crippen LogP contribution in [0.15, 0.2) is 30.3 Å². The molecule has 0 amide bonds. The van der Waals surface area contributed by atoms with Crippen LogP contribution in [0.3, 0.4) is 0 Å². The maximum absolute atomic E-state index is 4.61. The van der Waals surface area contributed by atoms with Crippen molar-refractivity contribution in [3.05, 3.63) is 39.7 Å². The van der Waals surface area contributed by atoms with E-state index in [4.69, 9.17) is 0 Å². The first-order chi connectivity index (χ1) is 9.26. The summed E-state index contributed by atoms with van der Waals surface area (Å²) < 4.78 is 1.18. The highest BCUT2D eigenvalue weighted by Crippen LogP contribution is 2.39. The second-order valence-corrected chi connectivity index (χ2v) is 5.79. The normalized spacial score (nSPS) is 14.2. The first-order valence-corrected chi connectivity index (χ1v) is 7.42. The molecule has 0 bridgehead atoms. The third-order valence-electron chi connectivity index (χ3n) is 3.08. The molecule has 0 radical (unpaired) electrons. The Bertz CT molecular complexity index is 596. The van der Waals surface area contributed by atoms with Gasteiger partial charge in [0.2, 0.25) is 0 Å². The van der Waals surface area contributed by atoms with Crippen LogP contribution in [0.5, 0.6) is 0 Å². The molecule has 1 heterocycles. The Morgan fingerprint density at radius 1 is 1.16 bits per heavy atom. The van der Waals surface area contributed by atoms with Crippen LogP contribution in [0.2, 0.25) is 0 Å². The van der Waals surface area contributed by atoms with Crippen LogP contribution in [-0.2, 0) is 0 Å². The number of benzene rings is 1. The highest BCUT2D eigenvalue weighted by molar-refractivity contribution is 14.1. The van der Waals surface area contributed by atoms with E-state index in [1.54, 1.807) is 0 Å². The van der Waals surface area contributed by atoms with E-state index in [-0.39, 0.29) is 0 Å². The Hall–Kier alpha value is -1.37. The first-order valence-electron chi connectivity index (χ1n) is 6.34. The molecule has 98 valence electrons. The highest BCUT2D eigenvalue weighted by atomic mass is 127. The van der Waals surface area contributed by atoms with Gasteiger partial charge in [-0.2, -0.15) is 0 Å². The Morgan fingerprint density at radius 2 is 1.89 bits per heavy atom. The van der Waals surface area contributed by atoms with Crippen LogP contribution in [0.25, 0.3) is 0 Å². The zero-order valence-electron chi connectivity index (χ0n) is 10.7. The first kappa shape index (κ1) is 12.7. The van der Waals surface area contributed by atoms with Crippen LogP contribution in [0.4, 0.5) is 17.3 Å². The van der Waals surface area contributed by atoms with Gasteiger partial charge in [0.15, 0.2) is 0 Å². The molecule has 0 saturated heterocycles. The number of aromatic nitrogens is 2. The van der Waals surface area contributed by atoms with E-state index >= 15 is 0 Å². The Balaban J connectivity index is 1.91. The summed E-state index contributed by atoms with van der Waals surface area (Å²) in [4.78, 5) is 9.13. The van der Waals surface area contributed by atoms with Crippen molar-refractivity contribution in [1.82, 2.24) is 9.97 Å². The lowest BCUT2D eigenvalue weighted by Crippen LogP contribution is -2.03. The predicted molar refractivity (Wildman–Crippen MR) is 86.0 cm³/mol. The topological polar surface area (TPSA) is 49.8 Å². The molecule has 1 saturated carbocycles. The average molecular weight is 366 g/mol. The Labute approximate surface area is 126 Å². The number of nitrogens with one attached hydrogen (secondary N) is 2. The minimum atomic E-state index is 0.545. The number of halogens is 1. The molecule has 1 aliphatic carbocycles. The van der Waals surface area contributed by atoms with Gasteiger partial charge in [0, 0.05) is 22.6 Å². The number of para-hydroxylation sites is 1. The van der Waals surface area contributed by atoms with E-state index < -0.39 is 0 Å². The SMILES string of the molecule is CNc1cc(Nc2ccccc2I)nc(C2CC2)n1. The van der Waals surface area contributed by atoms with Gasteiger partial charge >= 0.3 is 0 Å². The summed E-state index contributed by atoms with van der Waals surface area (Å²) in [6.07, 6.45) is 2.41. The molecule has 0 unspecified atom stereocenters. The van der Waals surface area contributed by atoms with E-state index in [9.17, 15) is 0 Å². The molecule has 0 aliphatic heterocycles. The van der Waals surface area contributed by atoms with E-state index in [2.05, 4.69) is 55.3 Å². The third kappa shape index (κ3) is 2.97. The lowest BCUT2D eigenvalue weighted by atomic mass is 10.3. The number of anilines is 3. The average Bonchev–Trinajstić information content (AvgIpc) is 3.25. The van der Waals surface area contributed by atoms with Crippen LogP contribution in [-0.4, -0.2) is 17.0 Å². The van der Waals surface area contributed by atoms with Gasteiger partial charge < -0.3 is 10.6 Å². The summed E-state index contributed by atoms with van der Waals surface area (Å²) in [5.74, 6) is 3.21. The maximum Gasteiger partial charge on any atom is 0.136 e. The molecular weight excluding hydrogens is 351 g/mol. The summed E-state index contributed by atoms with van der Waals surface area (Å²) in [7, 11) is 1.88. The maximum atomic E-state index is 4.61. The molecule has 1 aliphatic rings. The van der Waals surface area contributed by atoms with Gasteiger partial charge in [0.05, 0.1) is 5.69 Å².